The van der Waals surface area contributed by atoms with Crippen molar-refractivity contribution in [1.29, 1.82) is 0 Å². The smallest absolute Gasteiger partial charge is 0.347 e. The summed E-state index contributed by atoms with van der Waals surface area (Å²) >= 11 is 5.17. The van der Waals surface area contributed by atoms with Crippen molar-refractivity contribution in [3.63, 3.8) is 0 Å². The van der Waals surface area contributed by atoms with Crippen molar-refractivity contribution in [3.8, 4) is 27.7 Å². The van der Waals surface area contributed by atoms with Crippen molar-refractivity contribution < 1.29 is 38.5 Å². The Kier molecular flexibility index (Phi) is 9.67. The van der Waals surface area contributed by atoms with Gasteiger partial charge in [-0.3, -0.25) is 9.59 Å². The molecule has 0 fully saturated rings. The summed E-state index contributed by atoms with van der Waals surface area (Å²) in [5.41, 5.74) is 1.41. The van der Waals surface area contributed by atoms with E-state index in [0.717, 1.165) is 14.3 Å². The van der Waals surface area contributed by atoms with Gasteiger partial charge in [-0.2, -0.15) is 0 Å². The molecule has 0 radical (unpaired) electrons. The highest BCUT2D eigenvalue weighted by Gasteiger charge is 2.18. The normalized spacial score (nSPS) is 10.4. The van der Waals surface area contributed by atoms with E-state index >= 15 is 0 Å². The predicted octanol–water partition coefficient (Wildman–Crippen LogP) is 6.42. The second-order valence-electron chi connectivity index (χ2n) is 8.00. The van der Waals surface area contributed by atoms with E-state index in [2.05, 4.69) is 4.84 Å². The summed E-state index contributed by atoms with van der Waals surface area (Å²) in [6.07, 6.45) is -0.616. The van der Waals surface area contributed by atoms with Gasteiger partial charge in [0.05, 0.1) is 12.8 Å². The molecule has 0 spiro atoms. The molecule has 0 aliphatic heterocycles. The van der Waals surface area contributed by atoms with Crippen LogP contribution in [0.4, 0.5) is 0 Å². The second kappa shape index (κ2) is 13.6. The molecule has 1 heterocycles. The Morgan fingerprint density at radius 2 is 1.52 bits per heavy atom. The van der Waals surface area contributed by atoms with Crippen LogP contribution in [0.1, 0.15) is 28.8 Å². The fourth-order valence-electron chi connectivity index (χ4n) is 3.33. The highest BCUT2D eigenvalue weighted by Crippen LogP contribution is 2.31. The van der Waals surface area contributed by atoms with Gasteiger partial charge in [-0.1, -0.05) is 57.2 Å². The van der Waals surface area contributed by atoms with E-state index in [1.807, 2.05) is 18.2 Å². The molecule has 0 N–H and O–H groups in total. The van der Waals surface area contributed by atoms with Crippen LogP contribution in [0.2, 0.25) is 0 Å². The van der Waals surface area contributed by atoms with Crippen LogP contribution in [0, 0.1) is 13.9 Å². The summed E-state index contributed by atoms with van der Waals surface area (Å²) in [5, 5.41) is 9.41. The van der Waals surface area contributed by atoms with Crippen molar-refractivity contribution in [3.05, 3.63) is 104 Å². The zero-order valence-corrected chi connectivity index (χ0v) is 22.9. The third kappa shape index (κ3) is 8.27. The maximum Gasteiger partial charge on any atom is 0.347 e. The molecule has 1 aromatic heterocycles. The third-order valence-electron chi connectivity index (χ3n) is 5.14. The van der Waals surface area contributed by atoms with Crippen LogP contribution in [0.15, 0.2) is 78.9 Å². The van der Waals surface area contributed by atoms with Crippen molar-refractivity contribution in [2.24, 2.45) is 0 Å². The van der Waals surface area contributed by atoms with Gasteiger partial charge in [-0.05, 0) is 65.7 Å². The Hall–Kier alpha value is -4.46. The molecule has 0 saturated carbocycles. The van der Waals surface area contributed by atoms with Crippen LogP contribution in [0.5, 0.6) is 17.2 Å². The van der Waals surface area contributed by atoms with Gasteiger partial charge >= 0.3 is 17.9 Å². The lowest BCUT2D eigenvalue weighted by molar-refractivity contribution is -0.763. The molecule has 3 aromatic carbocycles. The number of rotatable bonds is 11. The molecule has 0 aliphatic carbocycles. The lowest BCUT2D eigenvalue weighted by Crippen LogP contribution is -2.16. The minimum absolute atomic E-state index is 0.0148. The van der Waals surface area contributed by atoms with E-state index in [1.165, 1.54) is 34.6 Å². The first-order valence-corrected chi connectivity index (χ1v) is 14.1. The summed E-state index contributed by atoms with van der Waals surface area (Å²) in [5.74, 6) is -1.75. The first-order chi connectivity index (χ1) is 19.3. The molecule has 0 aliphatic rings. The molecule has 0 bridgehead atoms. The van der Waals surface area contributed by atoms with Crippen LogP contribution in [0.25, 0.3) is 10.4 Å². The summed E-state index contributed by atoms with van der Waals surface area (Å²) in [6, 6.07) is 21.0. The number of carbonyl (C=O) groups excluding carboxylic acids is 3. The molecule has 204 valence electrons. The van der Waals surface area contributed by atoms with Gasteiger partial charge in [0.1, 0.15) is 33.2 Å². The molecule has 4 rings (SSSR count). The molecule has 0 saturated heterocycles. The van der Waals surface area contributed by atoms with E-state index in [1.54, 1.807) is 46.7 Å². The van der Waals surface area contributed by atoms with Crippen LogP contribution in [-0.4, -0.2) is 23.0 Å². The largest absolute Gasteiger partial charge is 0.427 e. The van der Waals surface area contributed by atoms with E-state index in [9.17, 15) is 24.5 Å². The lowest BCUT2D eigenvalue weighted by Gasteiger charge is -2.10. The summed E-state index contributed by atoms with van der Waals surface area (Å²) in [6.45, 7) is -0.302. The second-order valence-corrected chi connectivity index (χ2v) is 10.9. The monoisotopic (exact) mass is 597 g/mol. The highest BCUT2D eigenvalue weighted by molar-refractivity contribution is 7.80. The molecular formula is C27H19NO9S3. The molecule has 0 atom stereocenters. The van der Waals surface area contributed by atoms with Crippen molar-refractivity contribution >= 4 is 50.8 Å². The number of nitrogens with zero attached hydrogens (tertiary/aromatic N) is 1. The summed E-state index contributed by atoms with van der Waals surface area (Å²) < 4.78 is 16.8. The molecule has 4 aromatic rings. The number of benzene rings is 3. The Morgan fingerprint density at radius 1 is 0.800 bits per heavy atom. The zero-order chi connectivity index (χ0) is 28.5. The molecule has 0 unspecified atom stereocenters. The van der Waals surface area contributed by atoms with Gasteiger partial charge in [-0.15, -0.1) is 10.1 Å². The van der Waals surface area contributed by atoms with Gasteiger partial charge in [-0.25, -0.2) is 4.79 Å². The minimum atomic E-state index is -0.927. The average molecular weight is 598 g/mol. The van der Waals surface area contributed by atoms with Crippen LogP contribution in [0.3, 0.4) is 0 Å². The number of hydrogen-bond donors (Lipinski definition) is 0. The Balaban J connectivity index is 1.30. The van der Waals surface area contributed by atoms with E-state index < -0.39 is 23.0 Å². The van der Waals surface area contributed by atoms with Gasteiger partial charge in [0.2, 0.25) is 0 Å². The van der Waals surface area contributed by atoms with Crippen LogP contribution >= 0.6 is 32.9 Å². The maximum absolute atomic E-state index is 12.8. The zero-order valence-electron chi connectivity index (χ0n) is 20.5. The van der Waals surface area contributed by atoms with E-state index in [4.69, 9.17) is 26.4 Å². The topological polar surface area (TPSA) is 131 Å². The number of hydrogen-bond acceptors (Lipinski definition) is 12. The fraction of sp³-hybridized carbons (Fsp3) is 0.111. The number of carbonyl (C=O) groups is 3. The molecule has 10 nitrogen and oxygen atoms in total. The molecule has 40 heavy (non-hydrogen) atoms. The van der Waals surface area contributed by atoms with Gasteiger partial charge in [0, 0.05) is 4.88 Å². The summed E-state index contributed by atoms with van der Waals surface area (Å²) in [4.78, 5) is 53.1. The first kappa shape index (κ1) is 28.5. The van der Waals surface area contributed by atoms with Crippen LogP contribution in [-0.2, 0) is 21.0 Å². The standard InChI is InChI=1S/C27H19NO9S3/c29-24(35-20-5-3-4-17(14-20)16-34-28(32)33)12-13-25(30)37-22-7-2-1-6-21(22)27(31)36-19-10-8-18(9-11-19)23-15-26(38)40-39-23/h1-11,14-15H,12-13,16H2. The van der Waals surface area contributed by atoms with Crippen molar-refractivity contribution in [2.75, 3.05) is 0 Å². The highest BCUT2D eigenvalue weighted by atomic mass is 32.9. The molecule has 13 heteroatoms. The SMILES string of the molecule is O=C(CCC(=O)Oc1ccccc1C(=O)Oc1ccc(-c2cc(=S)ss2)cc1)Oc1cccc(CO[N+](=O)[O-])c1. The molecular weight excluding hydrogens is 578 g/mol. The molecule has 0 amide bonds. The quantitative estimate of drug-likeness (QED) is 0.0476. The van der Waals surface area contributed by atoms with E-state index in [0.29, 0.717) is 11.3 Å². The number of esters is 3. The Bertz CT molecular complexity index is 1600. The summed E-state index contributed by atoms with van der Waals surface area (Å²) in [7, 11) is 3.07. The number of ether oxygens (including phenoxy) is 3. The third-order valence-corrected chi connectivity index (χ3v) is 8.05. The fourth-order valence-corrected chi connectivity index (χ4v) is 5.73. The van der Waals surface area contributed by atoms with Crippen molar-refractivity contribution in [2.45, 2.75) is 19.4 Å². The minimum Gasteiger partial charge on any atom is -0.427 e. The van der Waals surface area contributed by atoms with Crippen LogP contribution < -0.4 is 14.2 Å². The van der Waals surface area contributed by atoms with E-state index in [-0.39, 0.29) is 36.5 Å². The maximum atomic E-state index is 12.8. The first-order valence-electron chi connectivity index (χ1n) is 11.6. The van der Waals surface area contributed by atoms with Gasteiger partial charge in [0.15, 0.2) is 0 Å². The van der Waals surface area contributed by atoms with Gasteiger partial charge in [0.25, 0.3) is 5.09 Å². The predicted molar refractivity (Wildman–Crippen MR) is 149 cm³/mol. The van der Waals surface area contributed by atoms with Crippen molar-refractivity contribution in [1.82, 2.24) is 0 Å². The lowest BCUT2D eigenvalue weighted by atomic mass is 10.2. The van der Waals surface area contributed by atoms with Gasteiger partial charge < -0.3 is 19.0 Å². The Morgan fingerprint density at radius 3 is 2.23 bits per heavy atom. The number of para-hydroxylation sites is 1. The average Bonchev–Trinajstić information content (AvgIpc) is 3.38. The Labute approximate surface area is 239 Å².